The van der Waals surface area contributed by atoms with E-state index in [0.29, 0.717) is 6.04 Å². The molecule has 1 atom stereocenters. The number of piperidine rings is 1. The molecule has 0 aliphatic carbocycles. The summed E-state index contributed by atoms with van der Waals surface area (Å²) in [6, 6.07) is 9.76. The van der Waals surface area contributed by atoms with Gasteiger partial charge in [0.15, 0.2) is 0 Å². The molecule has 0 amide bonds. The molecule has 1 aliphatic heterocycles. The van der Waals surface area contributed by atoms with Gasteiger partial charge in [0.25, 0.3) is 0 Å². The molecule has 1 heterocycles. The van der Waals surface area contributed by atoms with Gasteiger partial charge in [-0.25, -0.2) is 0 Å². The Morgan fingerprint density at radius 3 is 2.26 bits per heavy atom. The van der Waals surface area contributed by atoms with Crippen molar-refractivity contribution in [2.45, 2.75) is 52.1 Å². The molecule has 0 saturated carbocycles. The van der Waals surface area contributed by atoms with Gasteiger partial charge >= 0.3 is 0 Å². The minimum atomic E-state index is 0.614. The molecule has 2 rings (SSSR count). The highest BCUT2D eigenvalue weighted by Gasteiger charge is 2.13. The third kappa shape index (κ3) is 6.15. The second-order valence-corrected chi connectivity index (χ2v) is 7.59. The zero-order valence-corrected chi connectivity index (χ0v) is 15.5. The van der Waals surface area contributed by atoms with Gasteiger partial charge in [-0.15, -0.1) is 0 Å². The van der Waals surface area contributed by atoms with Gasteiger partial charge in [-0.1, -0.05) is 26.0 Å². The van der Waals surface area contributed by atoms with Crippen LogP contribution in [0.5, 0.6) is 0 Å². The van der Waals surface area contributed by atoms with Crippen LogP contribution in [0.25, 0.3) is 0 Å². The molecule has 1 saturated heterocycles. The Labute approximate surface area is 143 Å². The minimum Gasteiger partial charge on any atom is -0.372 e. The zero-order valence-electron chi connectivity index (χ0n) is 15.5. The standard InChI is InChI=1S/C20H35N3/c1-17(2)14-20(22(3)4)16-21-15-18-8-10-19(11-9-18)23-12-6-5-7-13-23/h8-11,17,20-21H,5-7,12-16H2,1-4H3. The van der Waals surface area contributed by atoms with Crippen LogP contribution >= 0.6 is 0 Å². The predicted octanol–water partition coefficient (Wildman–Crippen LogP) is 3.74. The molecule has 0 radical (unpaired) electrons. The van der Waals surface area contributed by atoms with Crippen LogP contribution in [-0.4, -0.2) is 44.7 Å². The maximum Gasteiger partial charge on any atom is 0.0366 e. The molecule has 1 fully saturated rings. The summed E-state index contributed by atoms with van der Waals surface area (Å²) in [5.74, 6) is 0.744. The van der Waals surface area contributed by atoms with Crippen molar-refractivity contribution >= 4 is 5.69 Å². The SMILES string of the molecule is CC(C)CC(CNCc1ccc(N2CCCCC2)cc1)N(C)C. The summed E-state index contributed by atoms with van der Waals surface area (Å²) in [6.45, 7) is 9.06. The Bertz CT molecular complexity index is 433. The van der Waals surface area contributed by atoms with E-state index in [-0.39, 0.29) is 0 Å². The Hall–Kier alpha value is -1.06. The third-order valence-corrected chi connectivity index (χ3v) is 4.84. The van der Waals surface area contributed by atoms with Gasteiger partial charge in [-0.3, -0.25) is 0 Å². The van der Waals surface area contributed by atoms with E-state index in [1.165, 1.54) is 50.0 Å². The molecule has 1 unspecified atom stereocenters. The Morgan fingerprint density at radius 2 is 1.70 bits per heavy atom. The molecule has 1 N–H and O–H groups in total. The third-order valence-electron chi connectivity index (χ3n) is 4.84. The van der Waals surface area contributed by atoms with Crippen molar-refractivity contribution < 1.29 is 0 Å². The first kappa shape index (κ1) is 18.3. The van der Waals surface area contributed by atoms with Gasteiger partial charge in [-0.2, -0.15) is 0 Å². The van der Waals surface area contributed by atoms with Crippen molar-refractivity contribution in [1.29, 1.82) is 0 Å². The highest BCUT2D eigenvalue weighted by atomic mass is 15.1. The molecular weight excluding hydrogens is 282 g/mol. The van der Waals surface area contributed by atoms with Gasteiger partial charge in [0.05, 0.1) is 0 Å². The van der Waals surface area contributed by atoms with Crippen molar-refractivity contribution in [3.05, 3.63) is 29.8 Å². The molecule has 1 aliphatic rings. The Kier molecular flexibility index (Phi) is 7.38. The molecule has 130 valence electrons. The summed E-state index contributed by atoms with van der Waals surface area (Å²) in [5, 5.41) is 3.63. The summed E-state index contributed by atoms with van der Waals surface area (Å²) < 4.78 is 0. The summed E-state index contributed by atoms with van der Waals surface area (Å²) in [4.78, 5) is 4.86. The first-order chi connectivity index (χ1) is 11.1. The summed E-state index contributed by atoms with van der Waals surface area (Å²) in [7, 11) is 4.37. The van der Waals surface area contributed by atoms with E-state index in [9.17, 15) is 0 Å². The predicted molar refractivity (Wildman–Crippen MR) is 101 cm³/mol. The molecule has 1 aromatic carbocycles. The number of nitrogens with one attached hydrogen (secondary N) is 1. The fourth-order valence-corrected chi connectivity index (χ4v) is 3.38. The van der Waals surface area contributed by atoms with Crippen molar-refractivity contribution in [3.63, 3.8) is 0 Å². The van der Waals surface area contributed by atoms with E-state index in [4.69, 9.17) is 0 Å². The van der Waals surface area contributed by atoms with Gasteiger partial charge in [-0.05, 0) is 63.4 Å². The van der Waals surface area contributed by atoms with E-state index < -0.39 is 0 Å². The number of rotatable bonds is 8. The van der Waals surface area contributed by atoms with Gasteiger partial charge in [0, 0.05) is 37.9 Å². The number of anilines is 1. The number of benzene rings is 1. The average Bonchev–Trinajstić information content (AvgIpc) is 2.55. The largest absolute Gasteiger partial charge is 0.372 e. The summed E-state index contributed by atoms with van der Waals surface area (Å²) in [6.07, 6.45) is 5.31. The van der Waals surface area contributed by atoms with Gasteiger partial charge in [0.1, 0.15) is 0 Å². The van der Waals surface area contributed by atoms with Crippen LogP contribution in [0.3, 0.4) is 0 Å². The van der Waals surface area contributed by atoms with Gasteiger partial charge in [0.2, 0.25) is 0 Å². The van der Waals surface area contributed by atoms with Crippen LogP contribution in [0, 0.1) is 5.92 Å². The second kappa shape index (κ2) is 9.29. The maximum atomic E-state index is 3.63. The lowest BCUT2D eigenvalue weighted by Gasteiger charge is -2.29. The monoisotopic (exact) mass is 317 g/mol. The fraction of sp³-hybridized carbons (Fsp3) is 0.700. The number of hydrogen-bond acceptors (Lipinski definition) is 3. The van der Waals surface area contributed by atoms with Crippen LogP contribution in [0.2, 0.25) is 0 Å². The zero-order chi connectivity index (χ0) is 16.7. The Morgan fingerprint density at radius 1 is 1.04 bits per heavy atom. The highest BCUT2D eigenvalue weighted by Crippen LogP contribution is 2.20. The van der Waals surface area contributed by atoms with E-state index in [1.807, 2.05) is 0 Å². The lowest BCUT2D eigenvalue weighted by molar-refractivity contribution is 0.246. The molecule has 0 spiro atoms. The van der Waals surface area contributed by atoms with Crippen LogP contribution in [0.4, 0.5) is 5.69 Å². The first-order valence-corrected chi connectivity index (χ1v) is 9.27. The van der Waals surface area contributed by atoms with E-state index in [1.54, 1.807) is 0 Å². The number of hydrogen-bond donors (Lipinski definition) is 1. The smallest absolute Gasteiger partial charge is 0.0366 e. The van der Waals surface area contributed by atoms with Crippen molar-refractivity contribution in [2.24, 2.45) is 5.92 Å². The highest BCUT2D eigenvalue weighted by molar-refractivity contribution is 5.47. The van der Waals surface area contributed by atoms with Crippen LogP contribution in [-0.2, 0) is 6.54 Å². The van der Waals surface area contributed by atoms with Crippen molar-refractivity contribution in [1.82, 2.24) is 10.2 Å². The van der Waals surface area contributed by atoms with Crippen molar-refractivity contribution in [2.75, 3.05) is 38.6 Å². The molecule has 1 aromatic rings. The molecular formula is C20H35N3. The minimum absolute atomic E-state index is 0.614. The molecule has 0 aromatic heterocycles. The quantitative estimate of drug-likeness (QED) is 0.788. The van der Waals surface area contributed by atoms with E-state index >= 15 is 0 Å². The van der Waals surface area contributed by atoms with Crippen LogP contribution < -0.4 is 10.2 Å². The second-order valence-electron chi connectivity index (χ2n) is 7.59. The van der Waals surface area contributed by atoms with Crippen LogP contribution in [0.15, 0.2) is 24.3 Å². The molecule has 23 heavy (non-hydrogen) atoms. The van der Waals surface area contributed by atoms with E-state index in [2.05, 4.69) is 67.3 Å². The Balaban J connectivity index is 1.79. The first-order valence-electron chi connectivity index (χ1n) is 9.27. The maximum absolute atomic E-state index is 3.63. The average molecular weight is 318 g/mol. The lowest BCUT2D eigenvalue weighted by atomic mass is 10.0. The summed E-state index contributed by atoms with van der Waals surface area (Å²) in [5.41, 5.74) is 2.77. The molecule has 3 heteroatoms. The normalized spacial score (nSPS) is 17.0. The van der Waals surface area contributed by atoms with Crippen LogP contribution in [0.1, 0.15) is 45.1 Å². The topological polar surface area (TPSA) is 18.5 Å². The summed E-state index contributed by atoms with van der Waals surface area (Å²) >= 11 is 0. The molecule has 0 bridgehead atoms. The van der Waals surface area contributed by atoms with E-state index in [0.717, 1.165) is 19.0 Å². The fourth-order valence-electron chi connectivity index (χ4n) is 3.38. The van der Waals surface area contributed by atoms with Gasteiger partial charge < -0.3 is 15.1 Å². The molecule has 3 nitrogen and oxygen atoms in total. The number of nitrogens with zero attached hydrogens (tertiary/aromatic N) is 2. The lowest BCUT2D eigenvalue weighted by Crippen LogP contribution is -2.38. The number of likely N-dealkylation sites (N-methyl/N-ethyl adjacent to an activating group) is 1. The van der Waals surface area contributed by atoms with Crippen molar-refractivity contribution in [3.8, 4) is 0 Å².